The fourth-order valence-corrected chi connectivity index (χ4v) is 2.59. The maximum absolute atomic E-state index is 12.7. The summed E-state index contributed by atoms with van der Waals surface area (Å²) in [4.78, 5) is 24.9. The van der Waals surface area contributed by atoms with Crippen LogP contribution in [-0.4, -0.2) is 37.5 Å². The molecule has 2 heterocycles. The second-order valence-corrected chi connectivity index (χ2v) is 6.67. The molecule has 0 fully saturated rings. The van der Waals surface area contributed by atoms with Crippen molar-refractivity contribution in [3.05, 3.63) is 28.3 Å². The minimum absolute atomic E-state index is 0.0764. The minimum Gasteiger partial charge on any atom is -0.458 e. The standard InChI is InChI=1S/C17H24ClN5O3/c1-7-22-8-13(15(21-22)17(25)26-9(2)3)19-16(24)12(6)23-11(5)14(18)10(4)20-23/h8-9,12H,7H2,1-6H3,(H,19,24). The molecule has 142 valence electrons. The molecule has 0 saturated carbocycles. The molecule has 8 nitrogen and oxygen atoms in total. The normalized spacial score (nSPS) is 12.3. The van der Waals surface area contributed by atoms with Gasteiger partial charge in [-0.3, -0.25) is 14.2 Å². The van der Waals surface area contributed by atoms with Gasteiger partial charge in [0, 0.05) is 12.7 Å². The molecular weight excluding hydrogens is 358 g/mol. The summed E-state index contributed by atoms with van der Waals surface area (Å²) in [5.74, 6) is -0.911. The number of ether oxygens (including phenoxy) is 1. The predicted molar refractivity (Wildman–Crippen MR) is 98.5 cm³/mol. The molecule has 2 aromatic rings. The van der Waals surface area contributed by atoms with Gasteiger partial charge in [0.1, 0.15) is 6.04 Å². The van der Waals surface area contributed by atoms with Crippen LogP contribution >= 0.6 is 11.6 Å². The number of rotatable bonds is 6. The average molecular weight is 382 g/mol. The van der Waals surface area contributed by atoms with Gasteiger partial charge in [0.05, 0.1) is 28.2 Å². The van der Waals surface area contributed by atoms with Gasteiger partial charge in [-0.25, -0.2) is 4.79 Å². The molecule has 26 heavy (non-hydrogen) atoms. The number of hydrogen-bond acceptors (Lipinski definition) is 5. The van der Waals surface area contributed by atoms with Gasteiger partial charge in [-0.05, 0) is 41.5 Å². The van der Waals surface area contributed by atoms with E-state index in [4.69, 9.17) is 16.3 Å². The van der Waals surface area contributed by atoms with E-state index in [-0.39, 0.29) is 17.7 Å². The molecule has 0 aliphatic carbocycles. The molecule has 9 heteroatoms. The quantitative estimate of drug-likeness (QED) is 0.776. The first kappa shape index (κ1) is 20.0. The first-order valence-corrected chi connectivity index (χ1v) is 8.83. The van der Waals surface area contributed by atoms with Crippen LogP contribution in [0, 0.1) is 13.8 Å². The molecule has 1 N–H and O–H groups in total. The van der Waals surface area contributed by atoms with E-state index in [0.717, 1.165) is 0 Å². The summed E-state index contributed by atoms with van der Waals surface area (Å²) in [5.41, 5.74) is 1.74. The van der Waals surface area contributed by atoms with Crippen LogP contribution in [-0.2, 0) is 16.1 Å². The Balaban J connectivity index is 2.26. The van der Waals surface area contributed by atoms with E-state index >= 15 is 0 Å². The number of aryl methyl sites for hydroxylation is 2. The van der Waals surface area contributed by atoms with E-state index < -0.39 is 12.0 Å². The molecule has 0 aliphatic heterocycles. The molecule has 0 bridgehead atoms. The topological polar surface area (TPSA) is 91.0 Å². The Morgan fingerprint density at radius 2 is 1.92 bits per heavy atom. The van der Waals surface area contributed by atoms with E-state index in [0.29, 0.717) is 28.6 Å². The van der Waals surface area contributed by atoms with Crippen LogP contribution in [0.1, 0.15) is 55.6 Å². The second-order valence-electron chi connectivity index (χ2n) is 6.30. The van der Waals surface area contributed by atoms with Crippen molar-refractivity contribution >= 4 is 29.2 Å². The highest BCUT2D eigenvalue weighted by Gasteiger charge is 2.25. The molecule has 0 saturated heterocycles. The Morgan fingerprint density at radius 3 is 2.42 bits per heavy atom. The number of halogens is 1. The Labute approximate surface area is 157 Å². The van der Waals surface area contributed by atoms with E-state index in [2.05, 4.69) is 15.5 Å². The predicted octanol–water partition coefficient (Wildman–Crippen LogP) is 3.13. The average Bonchev–Trinajstić information content (AvgIpc) is 3.10. The first-order valence-electron chi connectivity index (χ1n) is 8.46. The smallest absolute Gasteiger partial charge is 0.361 e. The molecule has 1 atom stereocenters. The maximum Gasteiger partial charge on any atom is 0.361 e. The zero-order valence-corrected chi connectivity index (χ0v) is 16.6. The largest absolute Gasteiger partial charge is 0.458 e. The number of hydrogen-bond donors (Lipinski definition) is 1. The second kappa shape index (κ2) is 7.90. The molecule has 1 amide bonds. The van der Waals surface area contributed by atoms with Crippen molar-refractivity contribution in [3.63, 3.8) is 0 Å². The van der Waals surface area contributed by atoms with Gasteiger partial charge in [0.2, 0.25) is 5.91 Å². The fraction of sp³-hybridized carbons (Fsp3) is 0.529. The number of carbonyl (C=O) groups excluding carboxylic acids is 2. The summed E-state index contributed by atoms with van der Waals surface area (Å²) < 4.78 is 8.32. The minimum atomic E-state index is -0.611. The SMILES string of the molecule is CCn1cc(NC(=O)C(C)n2nc(C)c(Cl)c2C)c(C(=O)OC(C)C)n1. The van der Waals surface area contributed by atoms with Crippen molar-refractivity contribution in [1.82, 2.24) is 19.6 Å². The van der Waals surface area contributed by atoms with Crippen molar-refractivity contribution in [2.24, 2.45) is 0 Å². The van der Waals surface area contributed by atoms with E-state index in [9.17, 15) is 9.59 Å². The fourth-order valence-electron chi connectivity index (χ4n) is 2.46. The third kappa shape index (κ3) is 4.07. The third-order valence-corrected chi connectivity index (χ3v) is 4.41. The lowest BCUT2D eigenvalue weighted by atomic mass is 10.2. The van der Waals surface area contributed by atoms with Gasteiger partial charge >= 0.3 is 5.97 Å². The number of nitrogens with one attached hydrogen (secondary N) is 1. The van der Waals surface area contributed by atoms with E-state index in [1.54, 1.807) is 50.2 Å². The molecule has 1 unspecified atom stereocenters. The monoisotopic (exact) mass is 381 g/mol. The molecule has 0 radical (unpaired) electrons. The number of aromatic nitrogens is 4. The van der Waals surface area contributed by atoms with Crippen molar-refractivity contribution < 1.29 is 14.3 Å². The number of nitrogens with zero attached hydrogens (tertiary/aromatic N) is 4. The zero-order valence-electron chi connectivity index (χ0n) is 15.8. The van der Waals surface area contributed by atoms with E-state index in [1.165, 1.54) is 0 Å². The van der Waals surface area contributed by atoms with Crippen molar-refractivity contribution in [3.8, 4) is 0 Å². The maximum atomic E-state index is 12.7. The van der Waals surface area contributed by atoms with Crippen LogP contribution in [0.5, 0.6) is 0 Å². The Kier molecular flexibility index (Phi) is 6.07. The number of amides is 1. The molecule has 0 spiro atoms. The summed E-state index contributed by atoms with van der Waals surface area (Å²) in [6, 6.07) is -0.611. The highest BCUT2D eigenvalue weighted by atomic mass is 35.5. The lowest BCUT2D eigenvalue weighted by Crippen LogP contribution is -2.26. The lowest BCUT2D eigenvalue weighted by molar-refractivity contribution is -0.119. The van der Waals surface area contributed by atoms with Crippen LogP contribution in [0.15, 0.2) is 6.20 Å². The van der Waals surface area contributed by atoms with Gasteiger partial charge in [0.25, 0.3) is 0 Å². The van der Waals surface area contributed by atoms with Crippen molar-refractivity contribution in [2.45, 2.75) is 60.2 Å². The summed E-state index contributed by atoms with van der Waals surface area (Å²) in [6.07, 6.45) is 1.32. The number of esters is 1. The van der Waals surface area contributed by atoms with Gasteiger partial charge in [-0.15, -0.1) is 0 Å². The van der Waals surface area contributed by atoms with Gasteiger partial charge in [-0.2, -0.15) is 10.2 Å². The highest BCUT2D eigenvalue weighted by molar-refractivity contribution is 6.31. The van der Waals surface area contributed by atoms with Gasteiger partial charge in [0.15, 0.2) is 5.69 Å². The molecule has 0 aliphatic rings. The highest BCUT2D eigenvalue weighted by Crippen LogP contribution is 2.23. The Morgan fingerprint density at radius 1 is 1.27 bits per heavy atom. The zero-order chi connectivity index (χ0) is 19.6. The Bertz CT molecular complexity index is 825. The van der Waals surface area contributed by atoms with Crippen LogP contribution in [0.25, 0.3) is 0 Å². The third-order valence-electron chi connectivity index (χ3n) is 3.86. The lowest BCUT2D eigenvalue weighted by Gasteiger charge is -2.14. The Hall–Kier alpha value is -2.35. The molecular formula is C17H24ClN5O3. The summed E-state index contributed by atoms with van der Waals surface area (Å²) in [5, 5.41) is 11.8. The molecule has 0 aromatic carbocycles. The van der Waals surface area contributed by atoms with Crippen LogP contribution < -0.4 is 5.32 Å². The van der Waals surface area contributed by atoms with Crippen LogP contribution in [0.2, 0.25) is 5.02 Å². The summed E-state index contributed by atoms with van der Waals surface area (Å²) in [6.45, 7) is 11.2. The van der Waals surface area contributed by atoms with E-state index in [1.807, 2.05) is 6.92 Å². The van der Waals surface area contributed by atoms with Crippen molar-refractivity contribution in [2.75, 3.05) is 5.32 Å². The molecule has 2 aromatic heterocycles. The van der Waals surface area contributed by atoms with Gasteiger partial charge in [-0.1, -0.05) is 11.6 Å². The van der Waals surface area contributed by atoms with Crippen molar-refractivity contribution in [1.29, 1.82) is 0 Å². The summed E-state index contributed by atoms with van der Waals surface area (Å²) in [7, 11) is 0. The summed E-state index contributed by atoms with van der Waals surface area (Å²) >= 11 is 6.16. The number of carbonyl (C=O) groups is 2. The first-order chi connectivity index (χ1) is 12.1. The molecule has 2 rings (SSSR count). The van der Waals surface area contributed by atoms with Crippen LogP contribution in [0.3, 0.4) is 0 Å². The van der Waals surface area contributed by atoms with Crippen LogP contribution in [0.4, 0.5) is 5.69 Å². The number of anilines is 1. The van der Waals surface area contributed by atoms with Gasteiger partial charge < -0.3 is 10.1 Å².